The molecule has 1 aliphatic heterocycles. The van der Waals surface area contributed by atoms with Gasteiger partial charge in [0.25, 0.3) is 0 Å². The lowest BCUT2D eigenvalue weighted by atomic mass is 10.2. The van der Waals surface area contributed by atoms with Crippen molar-refractivity contribution in [2.24, 2.45) is 0 Å². The van der Waals surface area contributed by atoms with Gasteiger partial charge in [-0.1, -0.05) is 19.6 Å². The Labute approximate surface area is 187 Å². The Morgan fingerprint density at radius 1 is 1.13 bits per heavy atom. The van der Waals surface area contributed by atoms with Crippen LogP contribution in [0.1, 0.15) is 27.2 Å². The van der Waals surface area contributed by atoms with Gasteiger partial charge in [-0.2, -0.15) is 0 Å². The van der Waals surface area contributed by atoms with E-state index in [0.29, 0.717) is 13.3 Å². The van der Waals surface area contributed by atoms with Crippen molar-refractivity contribution in [3.05, 3.63) is 24.5 Å². The number of fused-ring (bicyclic) bond motifs is 1. The first-order valence-corrected chi connectivity index (χ1v) is 15.0. The normalized spacial score (nSPS) is 15.9. The minimum Gasteiger partial charge on any atom is -0.444 e. The average Bonchev–Trinajstić information content (AvgIpc) is 2.89. The van der Waals surface area contributed by atoms with Gasteiger partial charge in [0, 0.05) is 46.5 Å². The Morgan fingerprint density at radius 2 is 1.90 bits per heavy atom. The molecule has 8 heteroatoms. The zero-order chi connectivity index (χ0) is 22.6. The number of hydrogen-bond donors (Lipinski definition) is 0. The molecular weight excluding hydrogens is 408 g/mol. The van der Waals surface area contributed by atoms with Crippen LogP contribution in [0.2, 0.25) is 25.7 Å². The number of rotatable bonds is 6. The van der Waals surface area contributed by atoms with Gasteiger partial charge in [0.05, 0.1) is 17.4 Å². The van der Waals surface area contributed by atoms with Gasteiger partial charge in [0.1, 0.15) is 12.3 Å². The van der Waals surface area contributed by atoms with Crippen molar-refractivity contribution in [3.8, 4) is 0 Å². The lowest BCUT2D eigenvalue weighted by Gasteiger charge is -2.27. The summed E-state index contributed by atoms with van der Waals surface area (Å²) in [5, 5.41) is 0. The second kappa shape index (κ2) is 9.61. The molecule has 172 valence electrons. The summed E-state index contributed by atoms with van der Waals surface area (Å²) in [7, 11) is -1.09. The molecule has 0 unspecified atom stereocenters. The van der Waals surface area contributed by atoms with Gasteiger partial charge >= 0.3 is 6.09 Å². The van der Waals surface area contributed by atoms with Gasteiger partial charge in [-0.05, 0) is 51.4 Å². The SMILES string of the molecule is CC(C)(C)OC(=O)N1CCCN(c2ccc3ncn(COCC[Si](C)(C)C)c3c2)CC1. The van der Waals surface area contributed by atoms with Crippen LogP contribution in [0, 0.1) is 0 Å². The summed E-state index contributed by atoms with van der Waals surface area (Å²) >= 11 is 0. The maximum absolute atomic E-state index is 12.4. The van der Waals surface area contributed by atoms with E-state index in [1.165, 1.54) is 0 Å². The smallest absolute Gasteiger partial charge is 0.410 e. The van der Waals surface area contributed by atoms with Gasteiger partial charge < -0.3 is 23.8 Å². The Balaban J connectivity index is 1.64. The quantitative estimate of drug-likeness (QED) is 0.471. The predicted molar refractivity (Wildman–Crippen MR) is 128 cm³/mol. The molecule has 0 atom stereocenters. The van der Waals surface area contributed by atoms with Crippen LogP contribution in [-0.4, -0.2) is 67.0 Å². The van der Waals surface area contributed by atoms with Crippen LogP contribution in [-0.2, 0) is 16.2 Å². The van der Waals surface area contributed by atoms with E-state index in [-0.39, 0.29) is 6.09 Å². The fourth-order valence-corrected chi connectivity index (χ4v) is 4.33. The Bertz CT molecular complexity index is 885. The van der Waals surface area contributed by atoms with Gasteiger partial charge in [-0.3, -0.25) is 0 Å². The topological polar surface area (TPSA) is 59.8 Å². The number of hydrogen-bond acceptors (Lipinski definition) is 5. The fraction of sp³-hybridized carbons (Fsp3) is 0.652. The summed E-state index contributed by atoms with van der Waals surface area (Å²) in [6.07, 6.45) is 2.55. The zero-order valence-corrected chi connectivity index (χ0v) is 21.0. The van der Waals surface area contributed by atoms with Gasteiger partial charge in [-0.15, -0.1) is 0 Å². The highest BCUT2D eigenvalue weighted by atomic mass is 28.3. The molecule has 2 heterocycles. The molecule has 0 aliphatic carbocycles. The highest BCUT2D eigenvalue weighted by molar-refractivity contribution is 6.76. The Kier molecular flexibility index (Phi) is 7.31. The van der Waals surface area contributed by atoms with Gasteiger partial charge in [-0.25, -0.2) is 9.78 Å². The molecule has 0 bridgehead atoms. The maximum Gasteiger partial charge on any atom is 0.410 e. The number of ether oxygens (including phenoxy) is 2. The van der Waals surface area contributed by atoms with Crippen LogP contribution in [0.3, 0.4) is 0 Å². The molecule has 0 radical (unpaired) electrons. The van der Waals surface area contributed by atoms with E-state index in [1.807, 2.05) is 32.0 Å². The Hall–Kier alpha value is -2.06. The standard InChI is InChI=1S/C23H38N4O3Si/c1-23(2,3)30-22(28)26-11-7-10-25(12-13-26)19-8-9-20-21(16-19)27(17-24-20)18-29-14-15-31(4,5)6/h8-9,16-17H,7,10-15,18H2,1-6H3. The number of imidazole rings is 1. The molecule has 3 rings (SSSR count). The van der Waals surface area contributed by atoms with Crippen molar-refractivity contribution in [3.63, 3.8) is 0 Å². The van der Waals surface area contributed by atoms with E-state index >= 15 is 0 Å². The first-order valence-electron chi connectivity index (χ1n) is 11.3. The number of carbonyl (C=O) groups is 1. The van der Waals surface area contributed by atoms with Gasteiger partial charge in [0.15, 0.2) is 0 Å². The van der Waals surface area contributed by atoms with Crippen LogP contribution in [0.4, 0.5) is 10.5 Å². The monoisotopic (exact) mass is 446 g/mol. The molecule has 1 saturated heterocycles. The minimum atomic E-state index is -1.09. The third-order valence-corrected chi connectivity index (χ3v) is 7.05. The number of amides is 1. The summed E-state index contributed by atoms with van der Waals surface area (Å²) in [6.45, 7) is 17.2. The third kappa shape index (κ3) is 6.97. The summed E-state index contributed by atoms with van der Waals surface area (Å²) < 4.78 is 13.6. The summed E-state index contributed by atoms with van der Waals surface area (Å²) in [5.74, 6) is 0. The maximum atomic E-state index is 12.4. The third-order valence-electron chi connectivity index (χ3n) is 5.34. The molecule has 0 N–H and O–H groups in total. The second-order valence-electron chi connectivity index (χ2n) is 10.5. The van der Waals surface area contributed by atoms with E-state index in [1.54, 1.807) is 0 Å². The molecule has 1 aliphatic rings. The molecule has 0 saturated carbocycles. The molecular formula is C23H38N4O3Si. The number of anilines is 1. The van der Waals surface area contributed by atoms with Crippen molar-refractivity contribution in [1.29, 1.82) is 0 Å². The number of carbonyl (C=O) groups excluding carboxylic acids is 1. The van der Waals surface area contributed by atoms with Crippen molar-refractivity contribution >= 4 is 30.9 Å². The molecule has 1 amide bonds. The van der Waals surface area contributed by atoms with Crippen LogP contribution in [0.15, 0.2) is 24.5 Å². The number of benzene rings is 1. The van der Waals surface area contributed by atoms with Crippen molar-refractivity contribution in [1.82, 2.24) is 14.5 Å². The second-order valence-corrected chi connectivity index (χ2v) is 16.2. The van der Waals surface area contributed by atoms with E-state index in [4.69, 9.17) is 9.47 Å². The Morgan fingerprint density at radius 3 is 2.61 bits per heavy atom. The molecule has 2 aromatic rings. The van der Waals surface area contributed by atoms with Crippen LogP contribution in [0.25, 0.3) is 11.0 Å². The van der Waals surface area contributed by atoms with Crippen molar-refractivity contribution in [2.45, 2.75) is 65.2 Å². The van der Waals surface area contributed by atoms with Crippen molar-refractivity contribution in [2.75, 3.05) is 37.7 Å². The van der Waals surface area contributed by atoms with E-state index in [2.05, 4.69) is 52.3 Å². The van der Waals surface area contributed by atoms with Crippen LogP contribution in [0.5, 0.6) is 0 Å². The van der Waals surface area contributed by atoms with Crippen LogP contribution >= 0.6 is 0 Å². The lowest BCUT2D eigenvalue weighted by Crippen LogP contribution is -2.39. The predicted octanol–water partition coefficient (Wildman–Crippen LogP) is 4.80. The lowest BCUT2D eigenvalue weighted by molar-refractivity contribution is 0.0263. The zero-order valence-electron chi connectivity index (χ0n) is 20.0. The largest absolute Gasteiger partial charge is 0.444 e. The molecule has 1 aromatic heterocycles. The van der Waals surface area contributed by atoms with E-state index < -0.39 is 13.7 Å². The molecule has 1 aromatic carbocycles. The number of nitrogens with zero attached hydrogens (tertiary/aromatic N) is 4. The average molecular weight is 447 g/mol. The fourth-order valence-electron chi connectivity index (χ4n) is 3.57. The highest BCUT2D eigenvalue weighted by Gasteiger charge is 2.24. The molecule has 31 heavy (non-hydrogen) atoms. The first kappa shape index (κ1) is 23.6. The summed E-state index contributed by atoms with van der Waals surface area (Å²) in [6, 6.07) is 7.54. The van der Waals surface area contributed by atoms with Gasteiger partial charge in [0.2, 0.25) is 0 Å². The van der Waals surface area contributed by atoms with E-state index in [9.17, 15) is 4.79 Å². The van der Waals surface area contributed by atoms with Crippen LogP contribution < -0.4 is 4.90 Å². The highest BCUT2D eigenvalue weighted by Crippen LogP contribution is 2.23. The number of aromatic nitrogens is 2. The minimum absolute atomic E-state index is 0.224. The van der Waals surface area contributed by atoms with E-state index in [0.717, 1.165) is 55.4 Å². The first-order chi connectivity index (χ1) is 14.5. The molecule has 0 spiro atoms. The van der Waals surface area contributed by atoms with Crippen molar-refractivity contribution < 1.29 is 14.3 Å². The molecule has 1 fully saturated rings. The summed E-state index contributed by atoms with van der Waals surface area (Å²) in [4.78, 5) is 21.1. The summed E-state index contributed by atoms with van der Waals surface area (Å²) in [5.41, 5.74) is 2.74. The molecule has 7 nitrogen and oxygen atoms in total.